The number of hydrogen-bond acceptors (Lipinski definition) is 2. The Balaban J connectivity index is 2.34. The lowest BCUT2D eigenvalue weighted by Crippen LogP contribution is -2.22. The van der Waals surface area contributed by atoms with Gasteiger partial charge in [0.05, 0.1) is 0 Å². The summed E-state index contributed by atoms with van der Waals surface area (Å²) in [4.78, 5) is 13.4. The predicted octanol–water partition coefficient (Wildman–Crippen LogP) is 3.58. The first-order valence-electron chi connectivity index (χ1n) is 6.80. The van der Waals surface area contributed by atoms with E-state index in [1.165, 1.54) is 0 Å². The number of amides is 1. The molecule has 104 valence electrons. The van der Waals surface area contributed by atoms with Crippen molar-refractivity contribution >= 4 is 17.3 Å². The molecule has 0 aromatic heterocycles. The van der Waals surface area contributed by atoms with Gasteiger partial charge in [0.1, 0.15) is 0 Å². The van der Waals surface area contributed by atoms with Crippen molar-refractivity contribution in [1.82, 2.24) is 0 Å². The normalized spacial score (nSPS) is 10.6. The second-order valence-corrected chi connectivity index (χ2v) is 5.25. The topological polar surface area (TPSA) is 46.3 Å². The molecule has 2 aromatic carbocycles. The summed E-state index contributed by atoms with van der Waals surface area (Å²) in [5.41, 5.74) is 8.02. The number of hydrogen-bond donors (Lipinski definition) is 1. The molecule has 0 heterocycles. The maximum Gasteiger partial charge on any atom is 0.248 e. The highest BCUT2D eigenvalue weighted by Crippen LogP contribution is 2.26. The van der Waals surface area contributed by atoms with Gasteiger partial charge in [0.15, 0.2) is 0 Å². The van der Waals surface area contributed by atoms with Crippen molar-refractivity contribution in [3.8, 4) is 0 Å². The molecule has 1 amide bonds. The minimum absolute atomic E-state index is 0.397. The van der Waals surface area contributed by atoms with Gasteiger partial charge < -0.3 is 10.6 Å². The number of carbonyl (C=O) groups is 1. The van der Waals surface area contributed by atoms with Gasteiger partial charge in [-0.2, -0.15) is 0 Å². The molecule has 0 fully saturated rings. The van der Waals surface area contributed by atoms with E-state index in [0.717, 1.165) is 17.9 Å². The molecule has 3 nitrogen and oxygen atoms in total. The molecule has 0 aliphatic carbocycles. The van der Waals surface area contributed by atoms with E-state index in [1.807, 2.05) is 30.3 Å². The molecule has 0 unspecified atom stereocenters. The maximum absolute atomic E-state index is 11.1. The molecule has 0 spiro atoms. The summed E-state index contributed by atoms with van der Waals surface area (Å²) in [5, 5.41) is 0. The second-order valence-electron chi connectivity index (χ2n) is 5.25. The van der Waals surface area contributed by atoms with Crippen LogP contribution in [-0.4, -0.2) is 12.5 Å². The number of nitrogens with two attached hydrogens (primary N) is 1. The Hall–Kier alpha value is -2.29. The van der Waals surface area contributed by atoms with Gasteiger partial charge in [-0.25, -0.2) is 0 Å². The van der Waals surface area contributed by atoms with Gasteiger partial charge in [-0.3, -0.25) is 4.79 Å². The molecule has 2 rings (SSSR count). The van der Waals surface area contributed by atoms with Crippen LogP contribution < -0.4 is 10.6 Å². The largest absolute Gasteiger partial charge is 0.366 e. The minimum atomic E-state index is -0.397. The van der Waals surface area contributed by atoms with Crippen LogP contribution in [0.2, 0.25) is 0 Å². The van der Waals surface area contributed by atoms with Crippen molar-refractivity contribution in [3.05, 3.63) is 60.2 Å². The molecule has 2 N–H and O–H groups in total. The van der Waals surface area contributed by atoms with E-state index in [0.29, 0.717) is 11.5 Å². The molecule has 0 atom stereocenters. The molecule has 2 aromatic rings. The van der Waals surface area contributed by atoms with Crippen molar-refractivity contribution in [2.45, 2.75) is 13.8 Å². The number of primary amides is 1. The minimum Gasteiger partial charge on any atom is -0.366 e. The summed E-state index contributed by atoms with van der Waals surface area (Å²) in [7, 11) is 0. The van der Waals surface area contributed by atoms with E-state index >= 15 is 0 Å². The van der Waals surface area contributed by atoms with Crippen LogP contribution in [0.25, 0.3) is 0 Å². The van der Waals surface area contributed by atoms with Gasteiger partial charge in [-0.1, -0.05) is 32.0 Å². The van der Waals surface area contributed by atoms with Crippen molar-refractivity contribution in [2.75, 3.05) is 11.4 Å². The van der Waals surface area contributed by atoms with Gasteiger partial charge in [0.2, 0.25) is 5.91 Å². The summed E-state index contributed by atoms with van der Waals surface area (Å²) in [6.45, 7) is 5.29. The third-order valence-corrected chi connectivity index (χ3v) is 3.08. The van der Waals surface area contributed by atoms with Gasteiger partial charge >= 0.3 is 0 Å². The van der Waals surface area contributed by atoms with E-state index in [1.54, 1.807) is 12.1 Å². The van der Waals surface area contributed by atoms with Crippen LogP contribution in [-0.2, 0) is 0 Å². The third-order valence-electron chi connectivity index (χ3n) is 3.08. The zero-order valence-corrected chi connectivity index (χ0v) is 11.9. The third kappa shape index (κ3) is 3.38. The molecule has 3 heteroatoms. The molecule has 0 aliphatic heterocycles. The van der Waals surface area contributed by atoms with Gasteiger partial charge in [0, 0.05) is 23.5 Å². The predicted molar refractivity (Wildman–Crippen MR) is 83.2 cm³/mol. The second kappa shape index (κ2) is 6.24. The highest BCUT2D eigenvalue weighted by molar-refractivity contribution is 5.93. The quantitative estimate of drug-likeness (QED) is 0.901. The summed E-state index contributed by atoms with van der Waals surface area (Å²) in [6.07, 6.45) is 0. The van der Waals surface area contributed by atoms with E-state index in [4.69, 9.17) is 5.73 Å². The number of rotatable bonds is 5. The molecule has 0 bridgehead atoms. The molecule has 20 heavy (non-hydrogen) atoms. The number of nitrogens with zero attached hydrogens (tertiary/aromatic N) is 1. The fraction of sp³-hybridized carbons (Fsp3) is 0.235. The van der Waals surface area contributed by atoms with Gasteiger partial charge in [-0.05, 0) is 42.3 Å². The summed E-state index contributed by atoms with van der Waals surface area (Å²) < 4.78 is 0. The van der Waals surface area contributed by atoms with Crippen molar-refractivity contribution < 1.29 is 4.79 Å². The molecule has 0 aliphatic rings. The monoisotopic (exact) mass is 268 g/mol. The van der Waals surface area contributed by atoms with Gasteiger partial charge in [0.25, 0.3) is 0 Å². The highest BCUT2D eigenvalue weighted by Gasteiger charge is 2.11. The van der Waals surface area contributed by atoms with Crippen molar-refractivity contribution in [3.63, 3.8) is 0 Å². The van der Waals surface area contributed by atoms with Crippen LogP contribution in [0.15, 0.2) is 54.6 Å². The fourth-order valence-electron chi connectivity index (χ4n) is 2.14. The Kier molecular flexibility index (Phi) is 4.41. The Bertz CT molecular complexity index is 561. The zero-order valence-electron chi connectivity index (χ0n) is 11.9. The lowest BCUT2D eigenvalue weighted by molar-refractivity contribution is 0.100. The number of anilines is 2. The average Bonchev–Trinajstić information content (AvgIpc) is 2.45. The fourth-order valence-corrected chi connectivity index (χ4v) is 2.14. The number of para-hydroxylation sites is 1. The Morgan fingerprint density at radius 3 is 2.05 bits per heavy atom. The summed E-state index contributed by atoms with van der Waals surface area (Å²) in [6, 6.07) is 17.7. The van der Waals surface area contributed by atoms with Crippen LogP contribution in [0.1, 0.15) is 24.2 Å². The van der Waals surface area contributed by atoms with Crippen LogP contribution >= 0.6 is 0 Å². The lowest BCUT2D eigenvalue weighted by atomic mass is 10.1. The van der Waals surface area contributed by atoms with Crippen molar-refractivity contribution in [1.29, 1.82) is 0 Å². The SMILES string of the molecule is CC(C)CN(c1ccccc1)c1ccc(C(N)=O)cc1. The first-order valence-corrected chi connectivity index (χ1v) is 6.80. The molecule has 0 saturated heterocycles. The van der Waals surface area contributed by atoms with Crippen LogP contribution in [0.3, 0.4) is 0 Å². The smallest absolute Gasteiger partial charge is 0.248 e. The number of carbonyl (C=O) groups excluding carboxylic acids is 1. The summed E-state index contributed by atoms with van der Waals surface area (Å²) in [5.74, 6) is 0.137. The Morgan fingerprint density at radius 2 is 1.55 bits per heavy atom. The standard InChI is InChI=1S/C17H20N2O/c1-13(2)12-19(15-6-4-3-5-7-15)16-10-8-14(9-11-16)17(18)20/h3-11,13H,12H2,1-2H3,(H2,18,20). The lowest BCUT2D eigenvalue weighted by Gasteiger charge is -2.27. The first kappa shape index (κ1) is 14.1. The Morgan fingerprint density at radius 1 is 1.00 bits per heavy atom. The van der Waals surface area contributed by atoms with Gasteiger partial charge in [-0.15, -0.1) is 0 Å². The first-order chi connectivity index (χ1) is 9.58. The van der Waals surface area contributed by atoms with E-state index in [2.05, 4.69) is 30.9 Å². The molecule has 0 saturated carbocycles. The van der Waals surface area contributed by atoms with Crippen LogP contribution in [0.4, 0.5) is 11.4 Å². The van der Waals surface area contributed by atoms with Crippen molar-refractivity contribution in [2.24, 2.45) is 11.7 Å². The number of benzene rings is 2. The highest BCUT2D eigenvalue weighted by atomic mass is 16.1. The van der Waals surface area contributed by atoms with E-state index in [9.17, 15) is 4.79 Å². The van der Waals surface area contributed by atoms with E-state index < -0.39 is 5.91 Å². The maximum atomic E-state index is 11.1. The summed E-state index contributed by atoms with van der Waals surface area (Å²) >= 11 is 0. The van der Waals surface area contributed by atoms with Crippen LogP contribution in [0, 0.1) is 5.92 Å². The molecular weight excluding hydrogens is 248 g/mol. The molecular formula is C17H20N2O. The Labute approximate surface area is 120 Å². The average molecular weight is 268 g/mol. The zero-order chi connectivity index (χ0) is 14.5. The van der Waals surface area contributed by atoms with Crippen LogP contribution in [0.5, 0.6) is 0 Å². The molecule has 0 radical (unpaired) electrons. The van der Waals surface area contributed by atoms with E-state index in [-0.39, 0.29) is 0 Å².